The van der Waals surface area contributed by atoms with E-state index >= 15 is 0 Å². The molecule has 0 bridgehead atoms. The van der Waals surface area contributed by atoms with Gasteiger partial charge in [-0.15, -0.1) is 0 Å². The van der Waals surface area contributed by atoms with Crippen molar-refractivity contribution in [3.8, 4) is 0 Å². The topological polar surface area (TPSA) is 12.0 Å². The zero-order chi connectivity index (χ0) is 13.0. The van der Waals surface area contributed by atoms with Crippen molar-refractivity contribution < 1.29 is 4.39 Å². The minimum absolute atomic E-state index is 0.0593. The third-order valence-corrected chi connectivity index (χ3v) is 4.19. The van der Waals surface area contributed by atoms with E-state index in [0.29, 0.717) is 16.5 Å². The van der Waals surface area contributed by atoms with Crippen molar-refractivity contribution in [3.05, 3.63) is 34.6 Å². The first kappa shape index (κ1) is 13.8. The van der Waals surface area contributed by atoms with Crippen LogP contribution in [-0.2, 0) is 0 Å². The maximum absolute atomic E-state index is 14.1. The summed E-state index contributed by atoms with van der Waals surface area (Å²) >= 11 is 6.20. The van der Waals surface area contributed by atoms with Crippen LogP contribution in [0.5, 0.6) is 0 Å². The van der Waals surface area contributed by atoms with Gasteiger partial charge in [0.1, 0.15) is 5.82 Å². The molecule has 1 N–H and O–H groups in total. The Kier molecular flexibility index (Phi) is 5.02. The van der Waals surface area contributed by atoms with E-state index in [1.807, 2.05) is 0 Å². The van der Waals surface area contributed by atoms with E-state index in [4.69, 9.17) is 11.6 Å². The summed E-state index contributed by atoms with van der Waals surface area (Å²) in [5.41, 5.74) is 0.660. The summed E-state index contributed by atoms with van der Waals surface area (Å²) in [5.74, 6) is 0.326. The molecular weight excluding hydrogens is 249 g/mol. The van der Waals surface area contributed by atoms with Crippen LogP contribution in [0.15, 0.2) is 18.2 Å². The van der Waals surface area contributed by atoms with Crippen LogP contribution in [0.3, 0.4) is 0 Å². The first-order chi connectivity index (χ1) is 8.74. The van der Waals surface area contributed by atoms with Crippen LogP contribution in [-0.4, -0.2) is 6.54 Å². The van der Waals surface area contributed by atoms with Gasteiger partial charge in [0.15, 0.2) is 0 Å². The predicted molar refractivity (Wildman–Crippen MR) is 74.4 cm³/mol. The second-order valence-electron chi connectivity index (χ2n) is 5.07. The number of nitrogens with one attached hydrogen (secondary N) is 1. The average molecular weight is 270 g/mol. The summed E-state index contributed by atoms with van der Waals surface area (Å²) in [6.45, 7) is 2.90. The summed E-state index contributed by atoms with van der Waals surface area (Å²) < 4.78 is 14.1. The standard InChI is InChI=1S/C15H21ClFN/c1-2-18-15(11-7-4-3-5-8-11)14-12(16)9-6-10-13(14)17/h6,9-11,15,18H,2-5,7-8H2,1H3. The lowest BCUT2D eigenvalue weighted by Crippen LogP contribution is -2.30. The first-order valence-corrected chi connectivity index (χ1v) is 7.29. The highest BCUT2D eigenvalue weighted by Gasteiger charge is 2.27. The van der Waals surface area contributed by atoms with E-state index in [9.17, 15) is 4.39 Å². The van der Waals surface area contributed by atoms with Crippen LogP contribution in [0.25, 0.3) is 0 Å². The van der Waals surface area contributed by atoms with Crippen molar-refractivity contribution in [2.24, 2.45) is 5.92 Å². The Morgan fingerprint density at radius 2 is 2.06 bits per heavy atom. The molecule has 2 rings (SSSR count). The molecule has 0 saturated heterocycles. The van der Waals surface area contributed by atoms with E-state index in [-0.39, 0.29) is 11.9 Å². The molecule has 1 atom stereocenters. The summed E-state index contributed by atoms with van der Waals surface area (Å²) in [4.78, 5) is 0. The smallest absolute Gasteiger partial charge is 0.129 e. The maximum Gasteiger partial charge on any atom is 0.129 e. The van der Waals surface area contributed by atoms with E-state index in [0.717, 1.165) is 6.54 Å². The largest absolute Gasteiger partial charge is 0.310 e. The fourth-order valence-corrected chi connectivity index (χ4v) is 3.28. The average Bonchev–Trinajstić information content (AvgIpc) is 2.38. The van der Waals surface area contributed by atoms with Gasteiger partial charge in [-0.2, -0.15) is 0 Å². The van der Waals surface area contributed by atoms with Gasteiger partial charge in [-0.1, -0.05) is 43.9 Å². The monoisotopic (exact) mass is 269 g/mol. The van der Waals surface area contributed by atoms with E-state index < -0.39 is 0 Å². The third kappa shape index (κ3) is 3.04. The number of hydrogen-bond acceptors (Lipinski definition) is 1. The highest BCUT2D eigenvalue weighted by Crippen LogP contribution is 2.38. The summed E-state index contributed by atoms with van der Waals surface area (Å²) in [5, 5.41) is 3.97. The molecule has 1 aliphatic carbocycles. The Morgan fingerprint density at radius 1 is 1.33 bits per heavy atom. The van der Waals surface area contributed by atoms with E-state index in [2.05, 4.69) is 12.2 Å². The third-order valence-electron chi connectivity index (χ3n) is 3.86. The molecule has 0 aromatic heterocycles. The van der Waals surface area contributed by atoms with Crippen molar-refractivity contribution in [2.75, 3.05) is 6.54 Å². The number of hydrogen-bond donors (Lipinski definition) is 1. The van der Waals surface area contributed by atoms with Gasteiger partial charge in [0, 0.05) is 16.6 Å². The van der Waals surface area contributed by atoms with Crippen molar-refractivity contribution in [2.45, 2.75) is 45.1 Å². The van der Waals surface area contributed by atoms with Crippen LogP contribution in [0.4, 0.5) is 4.39 Å². The van der Waals surface area contributed by atoms with Gasteiger partial charge >= 0.3 is 0 Å². The number of halogens is 2. The molecule has 1 saturated carbocycles. The van der Waals surface area contributed by atoms with Crippen LogP contribution >= 0.6 is 11.6 Å². The normalized spacial score (nSPS) is 18.8. The van der Waals surface area contributed by atoms with E-state index in [1.165, 1.54) is 38.2 Å². The minimum Gasteiger partial charge on any atom is -0.310 e. The quantitative estimate of drug-likeness (QED) is 0.835. The van der Waals surface area contributed by atoms with Crippen LogP contribution in [0, 0.1) is 11.7 Å². The lowest BCUT2D eigenvalue weighted by molar-refractivity contribution is 0.270. The SMILES string of the molecule is CCNC(c1c(F)cccc1Cl)C1CCCCC1. The molecule has 0 aliphatic heterocycles. The summed E-state index contributed by atoms with van der Waals surface area (Å²) in [7, 11) is 0. The second kappa shape index (κ2) is 6.53. The van der Waals surface area contributed by atoms with Crippen molar-refractivity contribution in [3.63, 3.8) is 0 Å². The van der Waals surface area contributed by atoms with Crippen molar-refractivity contribution in [1.82, 2.24) is 5.32 Å². The number of rotatable bonds is 4. The fourth-order valence-electron chi connectivity index (χ4n) is 3.00. The Balaban J connectivity index is 2.28. The molecule has 1 aromatic carbocycles. The minimum atomic E-state index is -0.181. The Morgan fingerprint density at radius 3 is 2.67 bits per heavy atom. The van der Waals surface area contributed by atoms with Gasteiger partial charge < -0.3 is 5.32 Å². The highest BCUT2D eigenvalue weighted by molar-refractivity contribution is 6.31. The molecule has 100 valence electrons. The lowest BCUT2D eigenvalue weighted by atomic mass is 9.81. The maximum atomic E-state index is 14.1. The molecule has 1 fully saturated rings. The predicted octanol–water partition coefficient (Wildman–Crippen LogP) is 4.71. The molecule has 0 spiro atoms. The molecule has 1 aliphatic rings. The Hall–Kier alpha value is -0.600. The fraction of sp³-hybridized carbons (Fsp3) is 0.600. The molecule has 0 radical (unpaired) electrons. The molecule has 1 unspecified atom stereocenters. The van der Waals surface area contributed by atoms with Crippen LogP contribution in [0.2, 0.25) is 5.02 Å². The zero-order valence-electron chi connectivity index (χ0n) is 10.9. The molecule has 0 heterocycles. The first-order valence-electron chi connectivity index (χ1n) is 6.91. The van der Waals surface area contributed by atoms with Crippen molar-refractivity contribution >= 4 is 11.6 Å². The Labute approximate surface area is 114 Å². The molecular formula is C15H21ClFN. The summed E-state index contributed by atoms with van der Waals surface area (Å²) in [6.07, 6.45) is 6.14. The second-order valence-corrected chi connectivity index (χ2v) is 5.48. The highest BCUT2D eigenvalue weighted by atomic mass is 35.5. The van der Waals surface area contributed by atoms with Gasteiger partial charge in [-0.25, -0.2) is 4.39 Å². The zero-order valence-corrected chi connectivity index (χ0v) is 11.6. The molecule has 1 nitrogen and oxygen atoms in total. The van der Waals surface area contributed by atoms with Crippen LogP contribution < -0.4 is 5.32 Å². The molecule has 1 aromatic rings. The molecule has 18 heavy (non-hydrogen) atoms. The van der Waals surface area contributed by atoms with Crippen LogP contribution in [0.1, 0.15) is 50.6 Å². The summed E-state index contributed by atoms with van der Waals surface area (Å²) in [6, 6.07) is 5.02. The van der Waals surface area contributed by atoms with E-state index in [1.54, 1.807) is 12.1 Å². The van der Waals surface area contributed by atoms with Crippen molar-refractivity contribution in [1.29, 1.82) is 0 Å². The van der Waals surface area contributed by atoms with Gasteiger partial charge in [0.05, 0.1) is 0 Å². The Bertz CT molecular complexity index is 368. The van der Waals surface area contributed by atoms with Gasteiger partial charge in [-0.05, 0) is 37.4 Å². The van der Waals surface area contributed by atoms with Gasteiger partial charge in [0.25, 0.3) is 0 Å². The van der Waals surface area contributed by atoms with Gasteiger partial charge in [0.2, 0.25) is 0 Å². The van der Waals surface area contributed by atoms with Gasteiger partial charge in [-0.3, -0.25) is 0 Å². The number of benzene rings is 1. The molecule has 3 heteroatoms. The molecule has 0 amide bonds. The lowest BCUT2D eigenvalue weighted by Gasteiger charge is -2.32.